The first-order valence-corrected chi connectivity index (χ1v) is 8.48. The summed E-state index contributed by atoms with van der Waals surface area (Å²) in [6.07, 6.45) is 0.872. The highest BCUT2D eigenvalue weighted by Gasteiger charge is 2.18. The molecule has 1 aromatic carbocycles. The number of carboxylic acid groups (broad SMARTS) is 1. The van der Waals surface area contributed by atoms with Gasteiger partial charge in [0.05, 0.1) is 17.1 Å². The van der Waals surface area contributed by atoms with Crippen LogP contribution in [0.25, 0.3) is 0 Å². The third kappa shape index (κ3) is 5.28. The zero-order chi connectivity index (χ0) is 16.8. The average molecular weight is 330 g/mol. The number of carboxylic acids is 1. The van der Waals surface area contributed by atoms with Crippen LogP contribution in [-0.4, -0.2) is 44.3 Å². The third-order valence-electron chi connectivity index (χ3n) is 2.97. The number of hydrogen-bond acceptors (Lipinski definition) is 5. The molecule has 0 bridgehead atoms. The second-order valence-electron chi connectivity index (χ2n) is 5.24. The molecule has 0 amide bonds. The molecule has 0 spiro atoms. The standard InChI is InChI=1S/C14H22N2O5S/c1-10(2)5-6-15-13-4-3-11(9-12(13)14(18)19)22(20,21)16-7-8-17/h3-4,9-10,15-17H,5-8H2,1-2H3,(H,18,19). The zero-order valence-corrected chi connectivity index (χ0v) is 13.5. The Morgan fingerprint density at radius 3 is 2.50 bits per heavy atom. The van der Waals surface area contributed by atoms with Crippen molar-refractivity contribution < 1.29 is 23.4 Å². The van der Waals surface area contributed by atoms with Crippen molar-refractivity contribution in [1.82, 2.24) is 4.72 Å². The highest BCUT2D eigenvalue weighted by atomic mass is 32.2. The first-order chi connectivity index (χ1) is 10.3. The van der Waals surface area contributed by atoms with E-state index in [-0.39, 0.29) is 23.6 Å². The SMILES string of the molecule is CC(C)CCNc1ccc(S(=O)(=O)NCCO)cc1C(=O)O. The predicted octanol–water partition coefficient (Wildman–Crippen LogP) is 1.11. The molecule has 0 aromatic heterocycles. The lowest BCUT2D eigenvalue weighted by atomic mass is 10.1. The number of anilines is 1. The van der Waals surface area contributed by atoms with Gasteiger partial charge < -0.3 is 15.5 Å². The van der Waals surface area contributed by atoms with Gasteiger partial charge in [0.25, 0.3) is 0 Å². The average Bonchev–Trinajstić information content (AvgIpc) is 2.44. The highest BCUT2D eigenvalue weighted by molar-refractivity contribution is 7.89. The quantitative estimate of drug-likeness (QED) is 0.539. The number of rotatable bonds is 9. The van der Waals surface area contributed by atoms with Crippen molar-refractivity contribution in [2.24, 2.45) is 5.92 Å². The van der Waals surface area contributed by atoms with E-state index in [0.717, 1.165) is 12.5 Å². The summed E-state index contributed by atoms with van der Waals surface area (Å²) in [5.41, 5.74) is 0.282. The van der Waals surface area contributed by atoms with Gasteiger partial charge in [0.2, 0.25) is 10.0 Å². The van der Waals surface area contributed by atoms with Crippen molar-refractivity contribution in [1.29, 1.82) is 0 Å². The van der Waals surface area contributed by atoms with Crippen LogP contribution < -0.4 is 10.0 Å². The number of sulfonamides is 1. The fourth-order valence-corrected chi connectivity index (χ4v) is 2.83. The molecule has 0 heterocycles. The normalized spacial score (nSPS) is 11.6. The number of carbonyl (C=O) groups is 1. The van der Waals surface area contributed by atoms with Crippen molar-refractivity contribution in [3.8, 4) is 0 Å². The van der Waals surface area contributed by atoms with Crippen LogP contribution in [0, 0.1) is 5.92 Å². The maximum absolute atomic E-state index is 11.9. The molecule has 0 aliphatic heterocycles. The van der Waals surface area contributed by atoms with Crippen molar-refractivity contribution in [3.63, 3.8) is 0 Å². The van der Waals surface area contributed by atoms with Crippen LogP contribution in [0.2, 0.25) is 0 Å². The van der Waals surface area contributed by atoms with Gasteiger partial charge in [-0.15, -0.1) is 0 Å². The topological polar surface area (TPSA) is 116 Å². The van der Waals surface area contributed by atoms with Crippen LogP contribution in [0.1, 0.15) is 30.6 Å². The number of aliphatic hydroxyl groups excluding tert-OH is 1. The van der Waals surface area contributed by atoms with Gasteiger partial charge in [-0.3, -0.25) is 0 Å². The lowest BCUT2D eigenvalue weighted by Crippen LogP contribution is -2.27. The second kappa shape index (κ2) is 8.11. The number of benzene rings is 1. The smallest absolute Gasteiger partial charge is 0.337 e. The Labute approximate surface area is 130 Å². The molecule has 0 unspecified atom stereocenters. The summed E-state index contributed by atoms with van der Waals surface area (Å²) in [6, 6.07) is 3.89. The molecule has 22 heavy (non-hydrogen) atoms. The summed E-state index contributed by atoms with van der Waals surface area (Å²) in [5, 5.41) is 20.9. The maximum atomic E-state index is 11.9. The van der Waals surface area contributed by atoms with Crippen molar-refractivity contribution in [2.45, 2.75) is 25.2 Å². The van der Waals surface area contributed by atoms with Gasteiger partial charge >= 0.3 is 5.97 Å². The summed E-state index contributed by atoms with van der Waals surface area (Å²) in [5.74, 6) is -0.727. The first kappa shape index (κ1) is 18.4. The molecule has 0 aliphatic rings. The van der Waals surface area contributed by atoms with Crippen LogP contribution in [0.5, 0.6) is 0 Å². The van der Waals surface area contributed by atoms with E-state index < -0.39 is 16.0 Å². The van der Waals surface area contributed by atoms with Crippen LogP contribution in [0.4, 0.5) is 5.69 Å². The Morgan fingerprint density at radius 2 is 1.95 bits per heavy atom. The molecule has 0 fully saturated rings. The second-order valence-corrected chi connectivity index (χ2v) is 7.01. The molecule has 1 aromatic rings. The van der Waals surface area contributed by atoms with Crippen molar-refractivity contribution in [2.75, 3.05) is 25.0 Å². The molecule has 0 saturated carbocycles. The molecule has 0 atom stereocenters. The van der Waals surface area contributed by atoms with Gasteiger partial charge in [0.15, 0.2) is 0 Å². The minimum Gasteiger partial charge on any atom is -0.478 e. The molecule has 0 saturated heterocycles. The Kier molecular flexibility index (Phi) is 6.79. The lowest BCUT2D eigenvalue weighted by molar-refractivity contribution is 0.0697. The monoisotopic (exact) mass is 330 g/mol. The summed E-state index contributed by atoms with van der Waals surface area (Å²) in [6.45, 7) is 4.26. The first-order valence-electron chi connectivity index (χ1n) is 6.99. The van der Waals surface area contributed by atoms with Gasteiger partial charge in [-0.1, -0.05) is 13.8 Å². The van der Waals surface area contributed by atoms with Gasteiger partial charge in [-0.2, -0.15) is 0 Å². The van der Waals surface area contributed by atoms with E-state index in [1.807, 2.05) is 0 Å². The fourth-order valence-electron chi connectivity index (χ4n) is 1.78. The molecule has 0 radical (unpaired) electrons. The van der Waals surface area contributed by atoms with Crippen molar-refractivity contribution in [3.05, 3.63) is 23.8 Å². The molecular weight excluding hydrogens is 308 g/mol. The van der Waals surface area contributed by atoms with Crippen LogP contribution >= 0.6 is 0 Å². The number of aromatic carboxylic acids is 1. The highest BCUT2D eigenvalue weighted by Crippen LogP contribution is 2.21. The molecule has 1 rings (SSSR count). The van der Waals surface area contributed by atoms with E-state index in [9.17, 15) is 18.3 Å². The minimum atomic E-state index is -3.83. The van der Waals surface area contributed by atoms with Gasteiger partial charge in [0.1, 0.15) is 0 Å². The Balaban J connectivity index is 3.02. The van der Waals surface area contributed by atoms with E-state index in [4.69, 9.17) is 5.11 Å². The molecule has 0 aliphatic carbocycles. The lowest BCUT2D eigenvalue weighted by Gasteiger charge is -2.13. The molecule has 8 heteroatoms. The Bertz CT molecular complexity index is 614. The zero-order valence-electron chi connectivity index (χ0n) is 12.7. The fraction of sp³-hybridized carbons (Fsp3) is 0.500. The number of nitrogens with one attached hydrogen (secondary N) is 2. The number of aliphatic hydroxyl groups is 1. The van der Waals surface area contributed by atoms with Crippen LogP contribution in [-0.2, 0) is 10.0 Å². The van der Waals surface area contributed by atoms with Crippen LogP contribution in [0.3, 0.4) is 0 Å². The van der Waals surface area contributed by atoms with E-state index in [0.29, 0.717) is 18.2 Å². The van der Waals surface area contributed by atoms with E-state index in [1.165, 1.54) is 12.1 Å². The van der Waals surface area contributed by atoms with Gasteiger partial charge in [0, 0.05) is 18.8 Å². The largest absolute Gasteiger partial charge is 0.478 e. The summed E-state index contributed by atoms with van der Waals surface area (Å²) in [7, 11) is -3.83. The van der Waals surface area contributed by atoms with E-state index in [2.05, 4.69) is 23.9 Å². The van der Waals surface area contributed by atoms with Crippen LogP contribution in [0.15, 0.2) is 23.1 Å². The molecular formula is C14H22N2O5S. The predicted molar refractivity (Wildman–Crippen MR) is 83.6 cm³/mol. The Hall–Kier alpha value is -1.64. The van der Waals surface area contributed by atoms with Gasteiger partial charge in [-0.05, 0) is 30.5 Å². The molecule has 4 N–H and O–H groups in total. The summed E-state index contributed by atoms with van der Waals surface area (Å²) < 4.78 is 26.1. The summed E-state index contributed by atoms with van der Waals surface area (Å²) >= 11 is 0. The van der Waals surface area contributed by atoms with Gasteiger partial charge in [-0.25, -0.2) is 17.9 Å². The molecule has 124 valence electrons. The summed E-state index contributed by atoms with van der Waals surface area (Å²) in [4.78, 5) is 11.2. The maximum Gasteiger partial charge on any atom is 0.337 e. The Morgan fingerprint density at radius 1 is 1.27 bits per heavy atom. The van der Waals surface area contributed by atoms with E-state index in [1.54, 1.807) is 0 Å². The minimum absolute atomic E-state index is 0.101. The van der Waals surface area contributed by atoms with E-state index >= 15 is 0 Å². The number of hydrogen-bond donors (Lipinski definition) is 4. The third-order valence-corrected chi connectivity index (χ3v) is 4.43. The molecule has 7 nitrogen and oxygen atoms in total. The van der Waals surface area contributed by atoms with Crippen molar-refractivity contribution >= 4 is 21.7 Å².